The molecule has 0 radical (unpaired) electrons. The molecule has 1 aromatic rings. The van der Waals surface area contributed by atoms with Crippen molar-refractivity contribution in [1.29, 1.82) is 0 Å². The highest BCUT2D eigenvalue weighted by molar-refractivity contribution is 6.33. The van der Waals surface area contributed by atoms with E-state index in [2.05, 4.69) is 19.2 Å². The molecule has 104 valence electrons. The van der Waals surface area contributed by atoms with Crippen LogP contribution < -0.4 is 5.32 Å². The van der Waals surface area contributed by atoms with Crippen molar-refractivity contribution in [1.82, 2.24) is 0 Å². The fraction of sp³-hybridized carbons (Fsp3) is 0.571. The van der Waals surface area contributed by atoms with Crippen LogP contribution in [0.1, 0.15) is 38.7 Å². The van der Waals surface area contributed by atoms with Crippen LogP contribution in [0.3, 0.4) is 0 Å². The second-order valence-electron chi connectivity index (χ2n) is 5.95. The molecule has 0 heterocycles. The molecule has 1 atom stereocenters. The first kappa shape index (κ1) is 14.1. The lowest BCUT2D eigenvalue weighted by atomic mass is 9.87. The molecule has 0 aromatic heterocycles. The molecular weight excluding hydrogens is 264 g/mol. The highest BCUT2D eigenvalue weighted by Crippen LogP contribution is 2.40. The zero-order valence-electron chi connectivity index (χ0n) is 11.5. The summed E-state index contributed by atoms with van der Waals surface area (Å²) in [5, 5.41) is 14.5. The van der Waals surface area contributed by atoms with Crippen molar-refractivity contribution < 1.29 is 4.92 Å². The Hall–Kier alpha value is -1.29. The van der Waals surface area contributed by atoms with Crippen LogP contribution in [0.25, 0.3) is 0 Å². The van der Waals surface area contributed by atoms with Crippen molar-refractivity contribution in [3.63, 3.8) is 0 Å². The topological polar surface area (TPSA) is 55.2 Å². The fourth-order valence-electron chi connectivity index (χ4n) is 2.74. The van der Waals surface area contributed by atoms with Gasteiger partial charge in [-0.3, -0.25) is 10.1 Å². The van der Waals surface area contributed by atoms with Gasteiger partial charge in [0.1, 0.15) is 5.02 Å². The second-order valence-corrected chi connectivity index (χ2v) is 6.36. The van der Waals surface area contributed by atoms with Gasteiger partial charge in [0, 0.05) is 17.8 Å². The largest absolute Gasteiger partial charge is 0.382 e. The number of nitrogens with one attached hydrogen (secondary N) is 1. The number of benzene rings is 1. The molecule has 2 rings (SSSR count). The van der Waals surface area contributed by atoms with Gasteiger partial charge in [0.15, 0.2) is 0 Å². The third-order valence-corrected chi connectivity index (χ3v) is 4.38. The van der Waals surface area contributed by atoms with Crippen LogP contribution in [-0.2, 0) is 0 Å². The fourth-order valence-corrected chi connectivity index (χ4v) is 2.98. The molecule has 0 spiro atoms. The molecule has 0 amide bonds. The van der Waals surface area contributed by atoms with E-state index < -0.39 is 4.92 Å². The average Bonchev–Trinajstić information content (AvgIpc) is 2.62. The van der Waals surface area contributed by atoms with Crippen LogP contribution in [0.15, 0.2) is 12.1 Å². The zero-order chi connectivity index (χ0) is 14.2. The summed E-state index contributed by atoms with van der Waals surface area (Å²) in [6.07, 6.45) is 3.54. The summed E-state index contributed by atoms with van der Waals surface area (Å²) in [7, 11) is 0. The maximum atomic E-state index is 10.8. The van der Waals surface area contributed by atoms with E-state index in [0.29, 0.717) is 6.04 Å². The Morgan fingerprint density at radius 1 is 1.47 bits per heavy atom. The van der Waals surface area contributed by atoms with Gasteiger partial charge in [-0.25, -0.2) is 0 Å². The van der Waals surface area contributed by atoms with Crippen LogP contribution in [0, 0.1) is 22.5 Å². The van der Waals surface area contributed by atoms with Gasteiger partial charge in [-0.15, -0.1) is 0 Å². The number of anilines is 1. The van der Waals surface area contributed by atoms with E-state index >= 15 is 0 Å². The van der Waals surface area contributed by atoms with Gasteiger partial charge in [0.05, 0.1) is 4.92 Å². The highest BCUT2D eigenvalue weighted by Gasteiger charge is 2.34. The summed E-state index contributed by atoms with van der Waals surface area (Å²) in [6, 6.07) is 3.60. The molecule has 0 saturated heterocycles. The molecule has 1 unspecified atom stereocenters. The molecule has 5 heteroatoms. The van der Waals surface area contributed by atoms with E-state index in [1.54, 1.807) is 6.07 Å². The minimum atomic E-state index is -0.446. The summed E-state index contributed by atoms with van der Waals surface area (Å²) >= 11 is 5.97. The molecule has 1 N–H and O–H groups in total. The van der Waals surface area contributed by atoms with Gasteiger partial charge in [-0.2, -0.15) is 0 Å². The van der Waals surface area contributed by atoms with Gasteiger partial charge in [0.2, 0.25) is 0 Å². The number of nitro benzene ring substituents is 1. The first-order valence-corrected chi connectivity index (χ1v) is 6.90. The van der Waals surface area contributed by atoms with Crippen LogP contribution in [0.5, 0.6) is 0 Å². The van der Waals surface area contributed by atoms with Crippen LogP contribution in [-0.4, -0.2) is 11.0 Å². The lowest BCUT2D eigenvalue weighted by Crippen LogP contribution is -2.31. The smallest absolute Gasteiger partial charge is 0.288 e. The third kappa shape index (κ3) is 2.84. The molecular formula is C14H19ClN2O2. The van der Waals surface area contributed by atoms with Crippen molar-refractivity contribution in [2.24, 2.45) is 5.41 Å². The Kier molecular flexibility index (Phi) is 3.72. The molecule has 1 aliphatic rings. The molecule has 0 aliphatic heterocycles. The predicted octanol–water partition coefficient (Wildman–Crippen LogP) is 4.55. The summed E-state index contributed by atoms with van der Waals surface area (Å²) in [4.78, 5) is 10.4. The summed E-state index contributed by atoms with van der Waals surface area (Å²) in [6.45, 7) is 6.37. The monoisotopic (exact) mass is 282 g/mol. The lowest BCUT2D eigenvalue weighted by molar-refractivity contribution is -0.384. The van der Waals surface area contributed by atoms with Crippen LogP contribution in [0.4, 0.5) is 11.4 Å². The Labute approximate surface area is 118 Å². The maximum absolute atomic E-state index is 10.8. The molecule has 0 bridgehead atoms. The lowest BCUT2D eigenvalue weighted by Gasteiger charge is -2.29. The van der Waals surface area contributed by atoms with Crippen LogP contribution >= 0.6 is 11.6 Å². The predicted molar refractivity (Wildman–Crippen MR) is 77.9 cm³/mol. The maximum Gasteiger partial charge on any atom is 0.288 e. The van der Waals surface area contributed by atoms with E-state index in [1.807, 2.05) is 6.92 Å². The average molecular weight is 283 g/mol. The number of nitrogens with zero attached hydrogens (tertiary/aromatic N) is 1. The van der Waals surface area contributed by atoms with E-state index in [0.717, 1.165) is 17.7 Å². The number of halogens is 1. The summed E-state index contributed by atoms with van der Waals surface area (Å²) in [5.74, 6) is 0. The minimum Gasteiger partial charge on any atom is -0.382 e. The number of hydrogen-bond donors (Lipinski definition) is 1. The Bertz CT molecular complexity index is 514. The Balaban J connectivity index is 2.27. The minimum absolute atomic E-state index is 0.0320. The van der Waals surface area contributed by atoms with Crippen LogP contribution in [0.2, 0.25) is 5.02 Å². The van der Waals surface area contributed by atoms with Gasteiger partial charge in [-0.1, -0.05) is 31.9 Å². The van der Waals surface area contributed by atoms with E-state index in [1.165, 1.54) is 18.9 Å². The third-order valence-electron chi connectivity index (χ3n) is 4.08. The van der Waals surface area contributed by atoms with Gasteiger partial charge >= 0.3 is 0 Å². The number of aryl methyl sites for hydroxylation is 1. The molecule has 1 saturated carbocycles. The molecule has 1 aliphatic carbocycles. The quantitative estimate of drug-likeness (QED) is 0.654. The first-order valence-electron chi connectivity index (χ1n) is 6.52. The standard InChI is InChI=1S/C14H19ClN2O2/c1-9-7-12(17(18)19)10(15)8-11(9)16-13-5-4-6-14(13,2)3/h7-8,13,16H,4-6H2,1-3H3. The number of rotatable bonds is 3. The van der Waals surface area contributed by atoms with E-state index in [-0.39, 0.29) is 16.1 Å². The molecule has 4 nitrogen and oxygen atoms in total. The van der Waals surface area contributed by atoms with Crippen molar-refractivity contribution in [3.8, 4) is 0 Å². The highest BCUT2D eigenvalue weighted by atomic mass is 35.5. The number of nitro groups is 1. The van der Waals surface area contributed by atoms with Crippen molar-refractivity contribution in [2.45, 2.75) is 46.1 Å². The Morgan fingerprint density at radius 2 is 2.16 bits per heavy atom. The SMILES string of the molecule is Cc1cc([N+](=O)[O-])c(Cl)cc1NC1CCCC1(C)C. The Morgan fingerprint density at radius 3 is 2.68 bits per heavy atom. The van der Waals surface area contributed by atoms with E-state index in [9.17, 15) is 10.1 Å². The van der Waals surface area contributed by atoms with Gasteiger partial charge in [0.25, 0.3) is 5.69 Å². The van der Waals surface area contributed by atoms with Gasteiger partial charge in [-0.05, 0) is 36.8 Å². The molecule has 1 fully saturated rings. The summed E-state index contributed by atoms with van der Waals surface area (Å²) < 4.78 is 0. The zero-order valence-corrected chi connectivity index (χ0v) is 12.3. The first-order chi connectivity index (χ1) is 8.81. The van der Waals surface area contributed by atoms with Crippen molar-refractivity contribution in [2.75, 3.05) is 5.32 Å². The normalized spacial score (nSPS) is 21.4. The van der Waals surface area contributed by atoms with Crippen molar-refractivity contribution >= 4 is 23.0 Å². The summed E-state index contributed by atoms with van der Waals surface area (Å²) in [5.41, 5.74) is 1.98. The molecule has 1 aromatic carbocycles. The van der Waals surface area contributed by atoms with Gasteiger partial charge < -0.3 is 5.32 Å². The molecule has 19 heavy (non-hydrogen) atoms. The number of hydrogen-bond acceptors (Lipinski definition) is 3. The van der Waals surface area contributed by atoms with E-state index in [4.69, 9.17) is 11.6 Å². The second kappa shape index (κ2) is 5.00. The van der Waals surface area contributed by atoms with Crippen molar-refractivity contribution in [3.05, 3.63) is 32.8 Å².